The molecule has 0 unspecified atom stereocenters. The average molecular weight is 577 g/mol. The number of anilines is 3. The van der Waals surface area contributed by atoms with Crippen molar-refractivity contribution in [3.05, 3.63) is 52.3 Å². The van der Waals surface area contributed by atoms with Crippen LogP contribution in [0.4, 0.5) is 23.3 Å². The van der Waals surface area contributed by atoms with E-state index in [2.05, 4.69) is 34.8 Å². The minimum atomic E-state index is -0.685. The van der Waals surface area contributed by atoms with E-state index >= 15 is 0 Å². The van der Waals surface area contributed by atoms with Crippen molar-refractivity contribution >= 4 is 35.0 Å². The SMILES string of the molecule is CCOC(=O)c1ccc(N2CCN(C[C@@H]3CCCN(c4nc(N)n5nc(-c6ccco6)nc5n4)C3)CC2)cc1[N+](=O)[O-]. The number of piperazine rings is 1. The molecular formula is C27H32N10O5. The van der Waals surface area contributed by atoms with Crippen molar-refractivity contribution in [2.45, 2.75) is 19.8 Å². The normalized spacial score (nSPS) is 18.0. The Balaban J connectivity index is 1.08. The van der Waals surface area contributed by atoms with Crippen LogP contribution in [-0.2, 0) is 4.74 Å². The van der Waals surface area contributed by atoms with Crippen molar-refractivity contribution in [2.75, 3.05) is 68.0 Å². The highest BCUT2D eigenvalue weighted by Crippen LogP contribution is 2.28. The number of rotatable bonds is 8. The Morgan fingerprint density at radius 3 is 2.71 bits per heavy atom. The number of nitrogens with zero attached hydrogens (tertiary/aromatic N) is 9. The molecule has 5 heterocycles. The fourth-order valence-electron chi connectivity index (χ4n) is 5.64. The van der Waals surface area contributed by atoms with Crippen LogP contribution < -0.4 is 15.5 Å². The highest BCUT2D eigenvalue weighted by Gasteiger charge is 2.28. The molecule has 0 spiro atoms. The number of nitrogen functional groups attached to an aromatic ring is 1. The maximum absolute atomic E-state index is 12.1. The molecule has 15 heteroatoms. The predicted molar refractivity (Wildman–Crippen MR) is 153 cm³/mol. The van der Waals surface area contributed by atoms with Gasteiger partial charge in [-0.1, -0.05) is 0 Å². The summed E-state index contributed by atoms with van der Waals surface area (Å²) < 4.78 is 11.8. The van der Waals surface area contributed by atoms with Gasteiger partial charge in [-0.2, -0.15) is 19.5 Å². The van der Waals surface area contributed by atoms with E-state index in [0.29, 0.717) is 29.2 Å². The molecule has 15 nitrogen and oxygen atoms in total. The number of piperidine rings is 1. The number of fused-ring (bicyclic) bond motifs is 1. The number of furan rings is 1. The maximum atomic E-state index is 12.1. The molecule has 2 saturated heterocycles. The molecule has 2 fully saturated rings. The zero-order chi connectivity index (χ0) is 29.2. The van der Waals surface area contributed by atoms with Gasteiger partial charge in [0, 0.05) is 57.6 Å². The molecule has 0 bridgehead atoms. The van der Waals surface area contributed by atoms with Crippen molar-refractivity contribution in [3.8, 4) is 11.6 Å². The van der Waals surface area contributed by atoms with Crippen LogP contribution in [0.1, 0.15) is 30.1 Å². The first-order valence-corrected chi connectivity index (χ1v) is 14.0. The van der Waals surface area contributed by atoms with Crippen LogP contribution in [0.5, 0.6) is 0 Å². The average Bonchev–Trinajstić information content (AvgIpc) is 3.68. The molecule has 0 saturated carbocycles. The van der Waals surface area contributed by atoms with Gasteiger partial charge < -0.3 is 24.7 Å². The van der Waals surface area contributed by atoms with Crippen molar-refractivity contribution in [3.63, 3.8) is 0 Å². The molecule has 4 aromatic rings. The van der Waals surface area contributed by atoms with Gasteiger partial charge in [-0.25, -0.2) is 4.79 Å². The zero-order valence-electron chi connectivity index (χ0n) is 23.3. The lowest BCUT2D eigenvalue weighted by Gasteiger charge is -2.40. The standard InChI is InChI=1S/C27H32N10O5/c1-2-41-24(38)20-8-7-19(15-21(20)37(39)40)34-12-10-33(11-13-34)16-18-5-3-9-35(17-18)26-30-25(28)36-27(31-26)29-23(32-36)22-6-4-14-42-22/h4,6-8,14-15,18H,2-3,5,9-13,16-17H2,1H3,(H2,28,29,30,31,32)/t18-/m0/s1. The predicted octanol–water partition coefficient (Wildman–Crippen LogP) is 2.49. The number of esters is 1. The van der Waals surface area contributed by atoms with Crippen molar-refractivity contribution in [2.24, 2.45) is 5.92 Å². The van der Waals surface area contributed by atoms with Crippen LogP contribution >= 0.6 is 0 Å². The van der Waals surface area contributed by atoms with E-state index in [0.717, 1.165) is 64.3 Å². The number of hydrogen-bond donors (Lipinski definition) is 1. The van der Waals surface area contributed by atoms with E-state index in [9.17, 15) is 14.9 Å². The number of hydrogen-bond acceptors (Lipinski definition) is 13. The highest BCUT2D eigenvalue weighted by atomic mass is 16.6. The van der Waals surface area contributed by atoms with E-state index < -0.39 is 10.9 Å². The minimum absolute atomic E-state index is 0.0297. The molecule has 0 radical (unpaired) electrons. The van der Waals surface area contributed by atoms with Gasteiger partial charge in [0.05, 0.1) is 17.8 Å². The van der Waals surface area contributed by atoms with Gasteiger partial charge >= 0.3 is 5.97 Å². The maximum Gasteiger partial charge on any atom is 0.345 e. The number of ether oxygens (including phenoxy) is 1. The van der Waals surface area contributed by atoms with E-state index in [1.165, 1.54) is 16.6 Å². The molecule has 2 aliphatic heterocycles. The minimum Gasteiger partial charge on any atom is -0.462 e. The molecule has 1 atom stereocenters. The quantitative estimate of drug-likeness (QED) is 0.184. The summed E-state index contributed by atoms with van der Waals surface area (Å²) in [6.45, 7) is 7.50. The van der Waals surface area contributed by atoms with Crippen LogP contribution in [0, 0.1) is 16.0 Å². The number of carbonyl (C=O) groups is 1. The van der Waals surface area contributed by atoms with Crippen LogP contribution in [0.2, 0.25) is 0 Å². The number of nitrogens with two attached hydrogens (primary N) is 1. The Bertz CT molecular complexity index is 1580. The summed E-state index contributed by atoms with van der Waals surface area (Å²) in [5, 5.41) is 16.0. The Labute approximate surface area is 241 Å². The molecule has 0 aliphatic carbocycles. The fourth-order valence-corrected chi connectivity index (χ4v) is 5.64. The molecule has 0 amide bonds. The third-order valence-corrected chi connectivity index (χ3v) is 7.69. The first kappa shape index (κ1) is 27.4. The zero-order valence-corrected chi connectivity index (χ0v) is 23.3. The third-order valence-electron chi connectivity index (χ3n) is 7.69. The fraction of sp³-hybridized carbons (Fsp3) is 0.444. The van der Waals surface area contributed by atoms with Crippen LogP contribution in [0.3, 0.4) is 0 Å². The monoisotopic (exact) mass is 576 g/mol. The Kier molecular flexibility index (Phi) is 7.56. The van der Waals surface area contributed by atoms with E-state index in [1.54, 1.807) is 31.4 Å². The second kappa shape index (κ2) is 11.6. The molecule has 2 aliphatic rings. The molecule has 42 heavy (non-hydrogen) atoms. The number of aromatic nitrogens is 5. The van der Waals surface area contributed by atoms with Gasteiger partial charge in [-0.05, 0) is 49.9 Å². The molecule has 6 rings (SSSR count). The topological polar surface area (TPSA) is 174 Å². The summed E-state index contributed by atoms with van der Waals surface area (Å²) in [6.07, 6.45) is 3.68. The second-order valence-electron chi connectivity index (χ2n) is 10.4. The number of nitro benzene ring substituents is 1. The number of carbonyl (C=O) groups excluding carboxylic acids is 1. The van der Waals surface area contributed by atoms with Crippen LogP contribution in [0.25, 0.3) is 17.4 Å². The van der Waals surface area contributed by atoms with Crippen molar-refractivity contribution in [1.82, 2.24) is 29.5 Å². The van der Waals surface area contributed by atoms with Gasteiger partial charge in [0.2, 0.25) is 17.7 Å². The van der Waals surface area contributed by atoms with Crippen LogP contribution in [-0.4, -0.2) is 92.8 Å². The lowest BCUT2D eigenvalue weighted by atomic mass is 9.97. The van der Waals surface area contributed by atoms with Gasteiger partial charge in [-0.3, -0.25) is 15.0 Å². The first-order valence-electron chi connectivity index (χ1n) is 14.0. The summed E-state index contributed by atoms with van der Waals surface area (Å²) >= 11 is 0. The Morgan fingerprint density at radius 2 is 1.98 bits per heavy atom. The van der Waals surface area contributed by atoms with E-state index in [-0.39, 0.29) is 23.8 Å². The highest BCUT2D eigenvalue weighted by molar-refractivity contribution is 5.94. The van der Waals surface area contributed by atoms with Gasteiger partial charge in [-0.15, -0.1) is 5.10 Å². The summed E-state index contributed by atoms with van der Waals surface area (Å²) in [5.74, 6) is 1.81. The van der Waals surface area contributed by atoms with E-state index in [1.807, 2.05) is 0 Å². The first-order chi connectivity index (χ1) is 20.4. The summed E-state index contributed by atoms with van der Waals surface area (Å²) in [6, 6.07) is 8.25. The lowest BCUT2D eigenvalue weighted by molar-refractivity contribution is -0.385. The second-order valence-corrected chi connectivity index (χ2v) is 10.4. The Morgan fingerprint density at radius 1 is 1.14 bits per heavy atom. The Hall–Kier alpha value is -4.79. The largest absolute Gasteiger partial charge is 0.462 e. The van der Waals surface area contributed by atoms with Gasteiger partial charge in [0.15, 0.2) is 5.76 Å². The molecule has 220 valence electrons. The van der Waals surface area contributed by atoms with Crippen LogP contribution in [0.15, 0.2) is 41.0 Å². The molecular weight excluding hydrogens is 544 g/mol. The smallest absolute Gasteiger partial charge is 0.345 e. The number of benzene rings is 1. The van der Waals surface area contributed by atoms with Gasteiger partial charge in [0.1, 0.15) is 5.56 Å². The summed E-state index contributed by atoms with van der Waals surface area (Å²) in [5.41, 5.74) is 6.68. The van der Waals surface area contributed by atoms with Crippen molar-refractivity contribution in [1.29, 1.82) is 0 Å². The van der Waals surface area contributed by atoms with E-state index in [4.69, 9.17) is 14.9 Å². The molecule has 1 aromatic carbocycles. The summed E-state index contributed by atoms with van der Waals surface area (Å²) in [4.78, 5) is 43.6. The third kappa shape index (κ3) is 5.54. The molecule has 2 N–H and O–H groups in total. The molecule has 3 aromatic heterocycles. The lowest BCUT2D eigenvalue weighted by Crippen LogP contribution is -2.49. The van der Waals surface area contributed by atoms with Crippen molar-refractivity contribution < 1.29 is 18.9 Å². The summed E-state index contributed by atoms with van der Waals surface area (Å²) in [7, 11) is 0. The van der Waals surface area contributed by atoms with Gasteiger partial charge in [0.25, 0.3) is 11.5 Å². The number of nitro groups is 1.